The van der Waals surface area contributed by atoms with Gasteiger partial charge in [0, 0.05) is 5.92 Å². The van der Waals surface area contributed by atoms with Gasteiger partial charge in [-0.1, -0.05) is 52.4 Å². The van der Waals surface area contributed by atoms with Crippen LogP contribution in [0.15, 0.2) is 0 Å². The largest absolute Gasteiger partial charge is 0.480 e. The van der Waals surface area contributed by atoms with Crippen LogP contribution in [0.3, 0.4) is 0 Å². The molecule has 1 saturated carbocycles. The Kier molecular flexibility index (Phi) is 6.89. The Morgan fingerprint density at radius 3 is 2.16 bits per heavy atom. The predicted octanol–water partition coefficient (Wildman–Crippen LogP) is 2.96. The van der Waals surface area contributed by atoms with Gasteiger partial charge < -0.3 is 10.4 Å². The second-order valence-electron chi connectivity index (χ2n) is 5.75. The topological polar surface area (TPSA) is 66.4 Å². The van der Waals surface area contributed by atoms with Gasteiger partial charge in [0.25, 0.3) is 0 Å². The van der Waals surface area contributed by atoms with E-state index in [1.807, 2.05) is 13.8 Å². The van der Waals surface area contributed by atoms with Crippen molar-refractivity contribution in [3.05, 3.63) is 0 Å². The van der Waals surface area contributed by atoms with Crippen molar-refractivity contribution in [1.29, 1.82) is 0 Å². The summed E-state index contributed by atoms with van der Waals surface area (Å²) in [7, 11) is 0. The van der Waals surface area contributed by atoms with Gasteiger partial charge in [0.2, 0.25) is 5.91 Å². The summed E-state index contributed by atoms with van der Waals surface area (Å²) in [5.74, 6) is -1.01. The molecule has 1 aliphatic carbocycles. The monoisotopic (exact) mass is 269 g/mol. The maximum absolute atomic E-state index is 12.2. The van der Waals surface area contributed by atoms with E-state index in [1.165, 1.54) is 19.3 Å². The van der Waals surface area contributed by atoms with Crippen molar-refractivity contribution in [2.24, 2.45) is 11.8 Å². The van der Waals surface area contributed by atoms with E-state index >= 15 is 0 Å². The number of rotatable bonds is 5. The lowest BCUT2D eigenvalue weighted by atomic mass is 9.89. The Morgan fingerprint density at radius 1 is 1.16 bits per heavy atom. The number of aliphatic carboxylic acids is 1. The molecule has 1 fully saturated rings. The fraction of sp³-hybridized carbons (Fsp3) is 0.867. The van der Waals surface area contributed by atoms with Crippen LogP contribution < -0.4 is 5.32 Å². The van der Waals surface area contributed by atoms with E-state index in [9.17, 15) is 14.7 Å². The minimum Gasteiger partial charge on any atom is -0.480 e. The number of amides is 1. The molecule has 110 valence electrons. The fourth-order valence-corrected chi connectivity index (χ4v) is 2.67. The first-order valence-electron chi connectivity index (χ1n) is 7.59. The molecular formula is C15H27NO3. The van der Waals surface area contributed by atoms with Gasteiger partial charge in [0.1, 0.15) is 6.04 Å². The Bertz CT molecular complexity index is 296. The van der Waals surface area contributed by atoms with Crippen LogP contribution in [0, 0.1) is 11.8 Å². The average Bonchev–Trinajstić information content (AvgIpc) is 2.34. The van der Waals surface area contributed by atoms with E-state index in [1.54, 1.807) is 0 Å². The van der Waals surface area contributed by atoms with Crippen LogP contribution in [-0.2, 0) is 9.59 Å². The number of carbonyl (C=O) groups is 2. The van der Waals surface area contributed by atoms with Crippen molar-refractivity contribution >= 4 is 11.9 Å². The highest BCUT2D eigenvalue weighted by molar-refractivity contribution is 5.85. The van der Waals surface area contributed by atoms with E-state index in [0.717, 1.165) is 32.1 Å². The minimum atomic E-state index is -0.923. The maximum atomic E-state index is 12.2. The predicted molar refractivity (Wildman–Crippen MR) is 74.8 cm³/mol. The molecule has 1 rings (SSSR count). The van der Waals surface area contributed by atoms with E-state index in [-0.39, 0.29) is 17.7 Å². The van der Waals surface area contributed by atoms with Gasteiger partial charge in [-0.3, -0.25) is 4.79 Å². The van der Waals surface area contributed by atoms with E-state index in [0.29, 0.717) is 0 Å². The van der Waals surface area contributed by atoms with Crippen LogP contribution in [0.25, 0.3) is 0 Å². The molecule has 2 N–H and O–H groups in total. The van der Waals surface area contributed by atoms with Gasteiger partial charge in [-0.15, -0.1) is 0 Å². The highest BCUT2D eigenvalue weighted by atomic mass is 16.4. The van der Waals surface area contributed by atoms with Crippen molar-refractivity contribution in [1.82, 2.24) is 5.32 Å². The molecule has 0 aromatic heterocycles. The lowest BCUT2D eigenvalue weighted by Gasteiger charge is -2.24. The third kappa shape index (κ3) is 5.21. The highest BCUT2D eigenvalue weighted by Crippen LogP contribution is 2.23. The molecule has 0 bridgehead atoms. The average molecular weight is 269 g/mol. The molecule has 2 unspecified atom stereocenters. The quantitative estimate of drug-likeness (QED) is 0.806. The normalized spacial score (nSPS) is 20.9. The van der Waals surface area contributed by atoms with Crippen molar-refractivity contribution in [3.63, 3.8) is 0 Å². The summed E-state index contributed by atoms with van der Waals surface area (Å²) in [5, 5.41) is 12.0. The van der Waals surface area contributed by atoms with E-state index in [2.05, 4.69) is 5.32 Å². The first-order valence-corrected chi connectivity index (χ1v) is 7.59. The molecule has 0 aromatic rings. The molecule has 4 nitrogen and oxygen atoms in total. The number of hydrogen-bond acceptors (Lipinski definition) is 2. The molecule has 0 heterocycles. The summed E-state index contributed by atoms with van der Waals surface area (Å²) in [6.45, 7) is 3.82. The molecule has 0 radical (unpaired) electrons. The summed E-state index contributed by atoms with van der Waals surface area (Å²) in [5.41, 5.74) is 0. The molecule has 0 aromatic carbocycles. The summed E-state index contributed by atoms with van der Waals surface area (Å²) in [6.07, 6.45) is 8.37. The lowest BCUT2D eigenvalue weighted by molar-refractivity contribution is -0.144. The summed E-state index contributed by atoms with van der Waals surface area (Å²) in [6, 6.07) is -0.747. The summed E-state index contributed by atoms with van der Waals surface area (Å²) < 4.78 is 0. The minimum absolute atomic E-state index is 0.00575. The first kappa shape index (κ1) is 16.0. The van der Waals surface area contributed by atoms with Crippen LogP contribution in [-0.4, -0.2) is 23.0 Å². The third-order valence-electron chi connectivity index (χ3n) is 4.25. The lowest BCUT2D eigenvalue weighted by Crippen LogP contribution is -2.47. The maximum Gasteiger partial charge on any atom is 0.326 e. The van der Waals surface area contributed by atoms with Crippen molar-refractivity contribution in [2.45, 2.75) is 71.3 Å². The molecule has 19 heavy (non-hydrogen) atoms. The number of carbonyl (C=O) groups excluding carboxylic acids is 1. The Balaban J connectivity index is 2.56. The van der Waals surface area contributed by atoms with Crippen molar-refractivity contribution < 1.29 is 14.7 Å². The highest BCUT2D eigenvalue weighted by Gasteiger charge is 2.28. The Labute approximate surface area is 116 Å². The standard InChI is InChI=1S/C15H27NO3/c1-3-11(2)13(15(18)19)16-14(17)12-9-7-5-4-6-8-10-12/h11-13H,3-10H2,1-2H3,(H,16,17)(H,18,19). The SMILES string of the molecule is CCC(C)C(NC(=O)C1CCCCCCC1)C(=O)O. The molecule has 2 atom stereocenters. The zero-order chi connectivity index (χ0) is 14.3. The zero-order valence-electron chi connectivity index (χ0n) is 12.2. The second-order valence-corrected chi connectivity index (χ2v) is 5.75. The van der Waals surface area contributed by atoms with Gasteiger partial charge in [-0.25, -0.2) is 4.79 Å². The molecule has 0 spiro atoms. The Hall–Kier alpha value is -1.06. The molecule has 1 amide bonds. The zero-order valence-corrected chi connectivity index (χ0v) is 12.2. The van der Waals surface area contributed by atoms with E-state index in [4.69, 9.17) is 0 Å². The number of carboxylic acids is 1. The van der Waals surface area contributed by atoms with Crippen LogP contribution >= 0.6 is 0 Å². The number of nitrogens with one attached hydrogen (secondary N) is 1. The number of hydrogen-bond donors (Lipinski definition) is 2. The molecule has 0 saturated heterocycles. The van der Waals surface area contributed by atoms with Gasteiger partial charge in [-0.05, 0) is 18.8 Å². The molecule has 1 aliphatic rings. The van der Waals surface area contributed by atoms with Gasteiger partial charge >= 0.3 is 5.97 Å². The molecule has 4 heteroatoms. The van der Waals surface area contributed by atoms with E-state index < -0.39 is 12.0 Å². The van der Waals surface area contributed by atoms with Gasteiger partial charge in [-0.2, -0.15) is 0 Å². The first-order chi connectivity index (χ1) is 9.06. The molecule has 0 aliphatic heterocycles. The third-order valence-corrected chi connectivity index (χ3v) is 4.25. The fourth-order valence-electron chi connectivity index (χ4n) is 2.67. The smallest absolute Gasteiger partial charge is 0.326 e. The Morgan fingerprint density at radius 2 is 1.68 bits per heavy atom. The summed E-state index contributed by atoms with van der Waals surface area (Å²) in [4.78, 5) is 23.5. The van der Waals surface area contributed by atoms with Crippen LogP contribution in [0.2, 0.25) is 0 Å². The number of carboxylic acid groups (broad SMARTS) is 1. The summed E-state index contributed by atoms with van der Waals surface area (Å²) >= 11 is 0. The second kappa shape index (κ2) is 8.18. The van der Waals surface area contributed by atoms with Crippen LogP contribution in [0.1, 0.15) is 65.2 Å². The molecular weight excluding hydrogens is 242 g/mol. The van der Waals surface area contributed by atoms with Crippen LogP contribution in [0.4, 0.5) is 0 Å². The van der Waals surface area contributed by atoms with Gasteiger partial charge in [0.05, 0.1) is 0 Å². The van der Waals surface area contributed by atoms with Crippen LogP contribution in [0.5, 0.6) is 0 Å². The van der Waals surface area contributed by atoms with Crippen molar-refractivity contribution in [3.8, 4) is 0 Å². The van der Waals surface area contributed by atoms with Crippen molar-refractivity contribution in [2.75, 3.05) is 0 Å². The van der Waals surface area contributed by atoms with Gasteiger partial charge in [0.15, 0.2) is 0 Å².